The lowest BCUT2D eigenvalue weighted by atomic mass is 10.2. The molecule has 7 heteroatoms. The highest BCUT2D eigenvalue weighted by atomic mass is 79.9. The highest BCUT2D eigenvalue weighted by Gasteiger charge is 2.08. The summed E-state index contributed by atoms with van der Waals surface area (Å²) >= 11 is 3.47. The Labute approximate surface area is 146 Å². The van der Waals surface area contributed by atoms with Crippen molar-refractivity contribution in [3.05, 3.63) is 59.2 Å². The molecule has 0 saturated carbocycles. The Balaban J connectivity index is 1.44. The van der Waals surface area contributed by atoms with Crippen molar-refractivity contribution in [3.8, 4) is 11.6 Å². The summed E-state index contributed by atoms with van der Waals surface area (Å²) in [5.74, 6) is 2.06. The van der Waals surface area contributed by atoms with Crippen LogP contribution in [0.15, 0.2) is 57.7 Å². The van der Waals surface area contributed by atoms with Crippen molar-refractivity contribution in [2.45, 2.75) is 6.42 Å². The Morgan fingerprint density at radius 3 is 3.04 bits per heavy atom. The van der Waals surface area contributed by atoms with E-state index in [9.17, 15) is 0 Å². The van der Waals surface area contributed by atoms with E-state index in [1.165, 1.54) is 0 Å². The molecule has 0 saturated heterocycles. The lowest BCUT2D eigenvalue weighted by molar-refractivity contribution is 0.577. The number of fused-ring (bicyclic) bond motifs is 1. The number of aromatic nitrogens is 4. The van der Waals surface area contributed by atoms with Crippen LogP contribution in [-0.4, -0.2) is 26.7 Å². The minimum absolute atomic E-state index is 0.578. The van der Waals surface area contributed by atoms with Crippen molar-refractivity contribution >= 4 is 32.5 Å². The van der Waals surface area contributed by atoms with E-state index in [4.69, 9.17) is 4.42 Å². The van der Waals surface area contributed by atoms with Gasteiger partial charge in [0.1, 0.15) is 5.82 Å². The van der Waals surface area contributed by atoms with Crippen molar-refractivity contribution in [2.24, 2.45) is 0 Å². The Morgan fingerprint density at radius 1 is 1.21 bits per heavy atom. The molecule has 0 radical (unpaired) electrons. The maximum absolute atomic E-state index is 5.29. The molecule has 4 rings (SSSR count). The number of hydrogen-bond donors (Lipinski definition) is 2. The van der Waals surface area contributed by atoms with Gasteiger partial charge in [-0.25, -0.2) is 4.98 Å². The van der Waals surface area contributed by atoms with Crippen LogP contribution in [0.3, 0.4) is 0 Å². The van der Waals surface area contributed by atoms with Crippen molar-refractivity contribution in [1.82, 2.24) is 20.2 Å². The average Bonchev–Trinajstić information content (AvgIpc) is 3.26. The van der Waals surface area contributed by atoms with Gasteiger partial charge in [0, 0.05) is 34.7 Å². The fourth-order valence-corrected chi connectivity index (χ4v) is 2.86. The lowest BCUT2D eigenvalue weighted by Gasteiger charge is -2.08. The number of halogens is 1. The maximum atomic E-state index is 5.29. The highest BCUT2D eigenvalue weighted by Crippen LogP contribution is 2.24. The van der Waals surface area contributed by atoms with E-state index in [1.54, 1.807) is 12.5 Å². The Morgan fingerprint density at radius 2 is 2.17 bits per heavy atom. The van der Waals surface area contributed by atoms with Gasteiger partial charge in [0.15, 0.2) is 5.76 Å². The van der Waals surface area contributed by atoms with Crippen LogP contribution in [0.4, 0.5) is 5.69 Å². The van der Waals surface area contributed by atoms with E-state index in [2.05, 4.69) is 47.5 Å². The smallest absolute Gasteiger partial charge is 0.216 e. The molecule has 3 aromatic heterocycles. The van der Waals surface area contributed by atoms with Crippen LogP contribution in [0.5, 0.6) is 0 Å². The first-order chi connectivity index (χ1) is 11.8. The number of aromatic amines is 1. The van der Waals surface area contributed by atoms with Gasteiger partial charge in [-0.1, -0.05) is 15.9 Å². The van der Waals surface area contributed by atoms with Crippen LogP contribution in [0.25, 0.3) is 22.5 Å². The normalized spacial score (nSPS) is 11.0. The second-order valence-electron chi connectivity index (χ2n) is 5.28. The van der Waals surface area contributed by atoms with Crippen LogP contribution in [0.1, 0.15) is 5.82 Å². The number of benzene rings is 1. The number of pyridine rings is 1. The largest absolute Gasteiger partial charge is 0.461 e. The van der Waals surface area contributed by atoms with E-state index in [0.29, 0.717) is 11.6 Å². The van der Waals surface area contributed by atoms with Gasteiger partial charge in [-0.15, -0.1) is 0 Å². The molecule has 0 spiro atoms. The first-order valence-corrected chi connectivity index (χ1v) is 8.32. The first-order valence-electron chi connectivity index (χ1n) is 7.53. The lowest BCUT2D eigenvalue weighted by Crippen LogP contribution is -2.06. The number of rotatable bonds is 5. The highest BCUT2D eigenvalue weighted by molar-refractivity contribution is 9.10. The molecule has 0 amide bonds. The molecule has 0 bridgehead atoms. The second-order valence-corrected chi connectivity index (χ2v) is 6.20. The molecule has 0 fully saturated rings. The van der Waals surface area contributed by atoms with E-state index in [-0.39, 0.29) is 0 Å². The van der Waals surface area contributed by atoms with Crippen molar-refractivity contribution in [1.29, 1.82) is 0 Å². The molecule has 1 aromatic carbocycles. The number of hydrogen-bond acceptors (Lipinski definition) is 5. The zero-order valence-corrected chi connectivity index (χ0v) is 14.2. The second kappa shape index (κ2) is 6.45. The van der Waals surface area contributed by atoms with Crippen LogP contribution in [-0.2, 0) is 6.42 Å². The third-order valence-corrected chi connectivity index (χ3v) is 4.15. The number of anilines is 1. The van der Waals surface area contributed by atoms with Crippen LogP contribution in [0, 0.1) is 0 Å². The molecule has 3 heterocycles. The molecular weight excluding hydrogens is 370 g/mol. The van der Waals surface area contributed by atoms with E-state index in [1.807, 2.05) is 30.3 Å². The molecule has 2 N–H and O–H groups in total. The maximum Gasteiger partial charge on any atom is 0.216 e. The van der Waals surface area contributed by atoms with Crippen LogP contribution < -0.4 is 5.32 Å². The van der Waals surface area contributed by atoms with E-state index in [0.717, 1.165) is 39.9 Å². The van der Waals surface area contributed by atoms with E-state index >= 15 is 0 Å². The summed E-state index contributed by atoms with van der Waals surface area (Å²) in [6.45, 7) is 0.738. The predicted octanol–water partition coefficient (Wildman–Crippen LogP) is 4.03. The molecule has 4 aromatic rings. The molecule has 0 aliphatic carbocycles. The monoisotopic (exact) mass is 383 g/mol. The predicted molar refractivity (Wildman–Crippen MR) is 95.7 cm³/mol. The molecule has 0 unspecified atom stereocenters. The Kier molecular flexibility index (Phi) is 4.00. The first kappa shape index (κ1) is 14.9. The van der Waals surface area contributed by atoms with Gasteiger partial charge >= 0.3 is 0 Å². The Hall–Kier alpha value is -2.67. The van der Waals surface area contributed by atoms with Crippen molar-refractivity contribution < 1.29 is 4.42 Å². The topological polar surface area (TPSA) is 79.6 Å². The van der Waals surface area contributed by atoms with Gasteiger partial charge in [0.05, 0.1) is 11.8 Å². The molecule has 6 nitrogen and oxygen atoms in total. The fraction of sp³-hybridized carbons (Fsp3) is 0.118. The van der Waals surface area contributed by atoms with Crippen molar-refractivity contribution in [3.63, 3.8) is 0 Å². The summed E-state index contributed by atoms with van der Waals surface area (Å²) in [4.78, 5) is 8.83. The van der Waals surface area contributed by atoms with Crippen molar-refractivity contribution in [2.75, 3.05) is 11.9 Å². The average molecular weight is 384 g/mol. The van der Waals surface area contributed by atoms with Crippen LogP contribution >= 0.6 is 15.9 Å². The molecule has 120 valence electrons. The number of nitrogens with one attached hydrogen (secondary N) is 2. The summed E-state index contributed by atoms with van der Waals surface area (Å²) in [6.07, 6.45) is 4.15. The minimum atomic E-state index is 0.578. The zero-order valence-electron chi connectivity index (χ0n) is 12.7. The fourth-order valence-electron chi connectivity index (χ4n) is 2.51. The Bertz CT molecular complexity index is 964. The summed E-state index contributed by atoms with van der Waals surface area (Å²) in [7, 11) is 0. The number of H-pyrrole nitrogens is 1. The van der Waals surface area contributed by atoms with Gasteiger partial charge in [-0.05, 0) is 36.4 Å². The van der Waals surface area contributed by atoms with Gasteiger partial charge in [0.2, 0.25) is 5.82 Å². The minimum Gasteiger partial charge on any atom is -0.461 e. The molecule has 0 aliphatic heterocycles. The standard InChI is InChI=1S/C17H14BrN5O/c18-11-3-4-12-13(5-7-20-14(12)10-11)19-8-6-16-21-17(23-22-16)15-2-1-9-24-15/h1-5,7,9-10H,6,8H2,(H,19,20)(H,21,22,23). The molecule has 0 aliphatic rings. The molecule has 0 atom stereocenters. The van der Waals surface area contributed by atoms with E-state index < -0.39 is 0 Å². The SMILES string of the molecule is Brc1ccc2c(NCCc3nc(-c4ccco4)n[nH]3)ccnc2c1. The van der Waals surface area contributed by atoms with Crippen LogP contribution in [0.2, 0.25) is 0 Å². The number of furan rings is 1. The zero-order chi connectivity index (χ0) is 16.4. The third kappa shape index (κ3) is 3.03. The molecular formula is C17H14BrN5O. The summed E-state index contributed by atoms with van der Waals surface area (Å²) in [5, 5.41) is 11.6. The summed E-state index contributed by atoms with van der Waals surface area (Å²) in [5.41, 5.74) is 2.01. The van der Waals surface area contributed by atoms with Gasteiger partial charge in [0.25, 0.3) is 0 Å². The van der Waals surface area contributed by atoms with Gasteiger partial charge < -0.3 is 9.73 Å². The summed E-state index contributed by atoms with van der Waals surface area (Å²) < 4.78 is 6.31. The van der Waals surface area contributed by atoms with Gasteiger partial charge in [-0.3, -0.25) is 10.1 Å². The summed E-state index contributed by atoms with van der Waals surface area (Å²) in [6, 6.07) is 11.7. The number of nitrogens with zero attached hydrogens (tertiary/aromatic N) is 3. The molecule has 24 heavy (non-hydrogen) atoms. The quantitative estimate of drug-likeness (QED) is 0.543. The van der Waals surface area contributed by atoms with Gasteiger partial charge in [-0.2, -0.15) is 5.10 Å². The third-order valence-electron chi connectivity index (χ3n) is 3.66.